The third-order valence-electron chi connectivity index (χ3n) is 3.94. The first-order valence-electron chi connectivity index (χ1n) is 8.12. The molecule has 1 aromatic heterocycles. The van der Waals surface area contributed by atoms with Gasteiger partial charge in [0.1, 0.15) is 11.9 Å². The Kier molecular flexibility index (Phi) is 4.76. The van der Waals surface area contributed by atoms with E-state index in [0.29, 0.717) is 29.7 Å². The number of benzene rings is 1. The summed E-state index contributed by atoms with van der Waals surface area (Å²) < 4.78 is 5.56. The number of ether oxygens (including phenoxy) is 1. The van der Waals surface area contributed by atoms with Crippen LogP contribution in [0.3, 0.4) is 0 Å². The van der Waals surface area contributed by atoms with E-state index in [0.717, 1.165) is 5.56 Å². The number of rotatable bonds is 6. The topological polar surface area (TPSA) is 84.1 Å². The standard InChI is InChI=1S/C18H21N3O3/c1-11-9-16(22)21-17(19-11)14-5-7-15(8-6-14)20-18(23)12(2)24-10-13-3-4-13/h5-9,12-13H,3-4,10H2,1-2H3,(H,20,23)(H,19,21,22). The van der Waals surface area contributed by atoms with Crippen LogP contribution in [0.25, 0.3) is 11.4 Å². The maximum Gasteiger partial charge on any atom is 0.253 e. The zero-order valence-corrected chi connectivity index (χ0v) is 13.8. The van der Waals surface area contributed by atoms with E-state index in [1.54, 1.807) is 26.0 Å². The summed E-state index contributed by atoms with van der Waals surface area (Å²) in [6.45, 7) is 4.18. The van der Waals surface area contributed by atoms with E-state index >= 15 is 0 Å². The SMILES string of the molecule is Cc1cc(=O)[nH]c(-c2ccc(NC(=O)C(C)OCC3CC3)cc2)n1. The molecule has 126 valence electrons. The molecule has 6 heteroatoms. The molecule has 2 N–H and O–H groups in total. The lowest BCUT2D eigenvalue weighted by Gasteiger charge is -2.13. The van der Waals surface area contributed by atoms with Crippen molar-refractivity contribution < 1.29 is 9.53 Å². The second kappa shape index (κ2) is 6.97. The number of nitrogens with one attached hydrogen (secondary N) is 2. The van der Waals surface area contributed by atoms with Gasteiger partial charge in [0.2, 0.25) is 0 Å². The van der Waals surface area contributed by atoms with Gasteiger partial charge in [0.05, 0.1) is 6.61 Å². The van der Waals surface area contributed by atoms with Gasteiger partial charge in [-0.15, -0.1) is 0 Å². The number of aryl methyl sites for hydroxylation is 1. The second-order valence-corrected chi connectivity index (χ2v) is 6.22. The number of aromatic amines is 1. The van der Waals surface area contributed by atoms with Crippen LogP contribution in [0, 0.1) is 12.8 Å². The van der Waals surface area contributed by atoms with E-state index in [1.165, 1.54) is 18.9 Å². The molecule has 3 rings (SSSR count). The minimum atomic E-state index is -0.472. The molecule has 1 aromatic carbocycles. The quantitative estimate of drug-likeness (QED) is 0.854. The fourth-order valence-electron chi connectivity index (χ4n) is 2.31. The number of anilines is 1. The summed E-state index contributed by atoms with van der Waals surface area (Å²) >= 11 is 0. The Labute approximate surface area is 140 Å². The van der Waals surface area contributed by atoms with Crippen LogP contribution in [0.15, 0.2) is 35.1 Å². The van der Waals surface area contributed by atoms with Crippen molar-refractivity contribution in [3.8, 4) is 11.4 Å². The van der Waals surface area contributed by atoms with Crippen LogP contribution in [0.4, 0.5) is 5.69 Å². The smallest absolute Gasteiger partial charge is 0.253 e. The number of carbonyl (C=O) groups excluding carboxylic acids is 1. The summed E-state index contributed by atoms with van der Waals surface area (Å²) in [7, 11) is 0. The lowest BCUT2D eigenvalue weighted by Crippen LogP contribution is -2.28. The minimum absolute atomic E-state index is 0.162. The summed E-state index contributed by atoms with van der Waals surface area (Å²) in [5.41, 5.74) is 1.94. The molecule has 2 aromatic rings. The highest BCUT2D eigenvalue weighted by atomic mass is 16.5. The third kappa shape index (κ3) is 4.29. The lowest BCUT2D eigenvalue weighted by molar-refractivity contribution is -0.126. The molecular formula is C18H21N3O3. The van der Waals surface area contributed by atoms with E-state index in [4.69, 9.17) is 4.74 Å². The molecule has 1 heterocycles. The van der Waals surface area contributed by atoms with Gasteiger partial charge in [0, 0.05) is 23.0 Å². The zero-order chi connectivity index (χ0) is 17.1. The minimum Gasteiger partial charge on any atom is -0.368 e. The van der Waals surface area contributed by atoms with Gasteiger partial charge in [-0.25, -0.2) is 4.98 Å². The molecule has 0 bridgehead atoms. The van der Waals surface area contributed by atoms with Crippen LogP contribution in [-0.2, 0) is 9.53 Å². The number of aromatic nitrogens is 2. The van der Waals surface area contributed by atoms with Gasteiger partial charge in [0.25, 0.3) is 11.5 Å². The molecular weight excluding hydrogens is 306 g/mol. The van der Waals surface area contributed by atoms with Crippen molar-refractivity contribution >= 4 is 11.6 Å². The number of H-pyrrole nitrogens is 1. The summed E-state index contributed by atoms with van der Waals surface area (Å²) in [5, 5.41) is 2.83. The average molecular weight is 327 g/mol. The lowest BCUT2D eigenvalue weighted by atomic mass is 10.2. The second-order valence-electron chi connectivity index (χ2n) is 6.22. The van der Waals surface area contributed by atoms with Crippen LogP contribution in [0.5, 0.6) is 0 Å². The van der Waals surface area contributed by atoms with Crippen molar-refractivity contribution in [2.24, 2.45) is 5.92 Å². The average Bonchev–Trinajstić information content (AvgIpc) is 3.36. The molecule has 0 aliphatic heterocycles. The highest BCUT2D eigenvalue weighted by Crippen LogP contribution is 2.29. The maximum absolute atomic E-state index is 12.1. The van der Waals surface area contributed by atoms with E-state index in [2.05, 4.69) is 15.3 Å². The Morgan fingerprint density at radius 3 is 2.71 bits per heavy atom. The molecule has 0 spiro atoms. The Morgan fingerprint density at radius 1 is 1.38 bits per heavy atom. The van der Waals surface area contributed by atoms with Crippen LogP contribution < -0.4 is 10.9 Å². The maximum atomic E-state index is 12.1. The van der Waals surface area contributed by atoms with Crippen LogP contribution in [0.2, 0.25) is 0 Å². The molecule has 1 saturated carbocycles. The molecule has 1 amide bonds. The molecule has 1 fully saturated rings. The van der Waals surface area contributed by atoms with E-state index < -0.39 is 6.10 Å². The number of carbonyl (C=O) groups is 1. The summed E-state index contributed by atoms with van der Waals surface area (Å²) in [6, 6.07) is 8.62. The molecule has 1 unspecified atom stereocenters. The molecule has 0 saturated heterocycles. The van der Waals surface area contributed by atoms with Gasteiger partial charge in [-0.1, -0.05) is 0 Å². The van der Waals surface area contributed by atoms with Crippen LogP contribution in [-0.4, -0.2) is 28.6 Å². The van der Waals surface area contributed by atoms with Gasteiger partial charge >= 0.3 is 0 Å². The van der Waals surface area contributed by atoms with Gasteiger partial charge in [0.15, 0.2) is 0 Å². The van der Waals surface area contributed by atoms with Crippen molar-refractivity contribution in [3.05, 3.63) is 46.4 Å². The van der Waals surface area contributed by atoms with Crippen molar-refractivity contribution in [3.63, 3.8) is 0 Å². The van der Waals surface area contributed by atoms with Gasteiger partial charge in [-0.2, -0.15) is 0 Å². The summed E-state index contributed by atoms with van der Waals surface area (Å²) in [6.07, 6.45) is 1.93. The fourth-order valence-corrected chi connectivity index (χ4v) is 2.31. The monoisotopic (exact) mass is 327 g/mol. The first kappa shape index (κ1) is 16.4. The van der Waals surface area contributed by atoms with Gasteiger partial charge in [-0.05, 0) is 56.9 Å². The first-order valence-corrected chi connectivity index (χ1v) is 8.12. The van der Waals surface area contributed by atoms with Crippen molar-refractivity contribution in [1.29, 1.82) is 0 Å². The van der Waals surface area contributed by atoms with Gasteiger partial charge in [-0.3, -0.25) is 9.59 Å². The summed E-state index contributed by atoms with van der Waals surface area (Å²) in [5.74, 6) is 0.980. The Balaban J connectivity index is 1.63. The molecule has 24 heavy (non-hydrogen) atoms. The molecule has 6 nitrogen and oxygen atoms in total. The van der Waals surface area contributed by atoms with Crippen LogP contribution in [0.1, 0.15) is 25.5 Å². The third-order valence-corrected chi connectivity index (χ3v) is 3.94. The molecule has 1 aliphatic carbocycles. The number of amides is 1. The Bertz CT molecular complexity index is 779. The highest BCUT2D eigenvalue weighted by Gasteiger charge is 2.24. The molecule has 1 aliphatic rings. The van der Waals surface area contributed by atoms with E-state index in [-0.39, 0.29) is 11.5 Å². The Morgan fingerprint density at radius 2 is 2.08 bits per heavy atom. The predicted octanol–water partition coefficient (Wildman–Crippen LogP) is 2.50. The molecule has 1 atom stereocenters. The van der Waals surface area contributed by atoms with Crippen molar-refractivity contribution in [2.75, 3.05) is 11.9 Å². The largest absolute Gasteiger partial charge is 0.368 e. The number of hydrogen-bond acceptors (Lipinski definition) is 4. The Hall–Kier alpha value is -2.47. The first-order chi connectivity index (χ1) is 11.5. The normalized spacial score (nSPS) is 15.1. The van der Waals surface area contributed by atoms with Crippen molar-refractivity contribution in [1.82, 2.24) is 9.97 Å². The van der Waals surface area contributed by atoms with Crippen LogP contribution >= 0.6 is 0 Å². The highest BCUT2D eigenvalue weighted by molar-refractivity contribution is 5.94. The fraction of sp³-hybridized carbons (Fsp3) is 0.389. The predicted molar refractivity (Wildman–Crippen MR) is 91.8 cm³/mol. The summed E-state index contributed by atoms with van der Waals surface area (Å²) in [4.78, 5) is 30.6. The van der Waals surface area contributed by atoms with E-state index in [1.807, 2.05) is 12.1 Å². The van der Waals surface area contributed by atoms with Crippen molar-refractivity contribution in [2.45, 2.75) is 32.8 Å². The van der Waals surface area contributed by atoms with E-state index in [9.17, 15) is 9.59 Å². The van der Waals surface area contributed by atoms with Gasteiger partial charge < -0.3 is 15.0 Å². The number of nitrogens with zero attached hydrogens (tertiary/aromatic N) is 1. The number of hydrogen-bond donors (Lipinski definition) is 2. The molecule has 0 radical (unpaired) electrons. The zero-order valence-electron chi connectivity index (χ0n) is 13.8.